The second kappa shape index (κ2) is 4.85. The van der Waals surface area contributed by atoms with Crippen LogP contribution >= 0.6 is 0 Å². The van der Waals surface area contributed by atoms with Crippen molar-refractivity contribution < 1.29 is 17.8 Å². The number of nitrogens with zero attached hydrogens (tertiary/aromatic N) is 1. The summed E-state index contributed by atoms with van der Waals surface area (Å²) >= 11 is 0. The Labute approximate surface area is 122 Å². The minimum Gasteiger partial charge on any atom is -0.350 e. The average Bonchev–Trinajstić information content (AvgIpc) is 2.77. The number of benzene rings is 1. The van der Waals surface area contributed by atoms with E-state index in [4.69, 9.17) is 0 Å². The number of rotatable bonds is 1. The van der Waals surface area contributed by atoms with Gasteiger partial charge in [0.25, 0.3) is 16.0 Å². The van der Waals surface area contributed by atoms with Crippen LogP contribution in [0.3, 0.4) is 0 Å². The number of nitrogens with one attached hydrogen (secondary N) is 1. The second-order valence-electron chi connectivity index (χ2n) is 5.34. The monoisotopic (exact) mass is 308 g/mol. The molecule has 2 aromatic rings. The molecule has 0 unspecified atom stereocenters. The van der Waals surface area contributed by atoms with E-state index in [2.05, 4.69) is 4.98 Å². The molecule has 1 amide bonds. The van der Waals surface area contributed by atoms with Crippen molar-refractivity contribution in [2.45, 2.75) is 24.2 Å². The smallest absolute Gasteiger partial charge is 0.294 e. The zero-order valence-electron chi connectivity index (χ0n) is 11.6. The largest absolute Gasteiger partial charge is 0.350 e. The fourth-order valence-electron chi connectivity index (χ4n) is 2.77. The summed E-state index contributed by atoms with van der Waals surface area (Å²) in [7, 11) is -2.49. The molecule has 1 aliphatic heterocycles. The SMILES string of the molecule is CN1CCCCc2c([nH]c3ccc(S(=O)(=O)O)cc23)C1=O. The van der Waals surface area contributed by atoms with E-state index < -0.39 is 10.1 Å². The van der Waals surface area contributed by atoms with Crippen molar-refractivity contribution in [1.29, 1.82) is 0 Å². The van der Waals surface area contributed by atoms with E-state index in [1.165, 1.54) is 12.1 Å². The molecule has 0 radical (unpaired) electrons. The Morgan fingerprint density at radius 2 is 2.05 bits per heavy atom. The number of aryl methyl sites for hydroxylation is 1. The Morgan fingerprint density at radius 3 is 2.76 bits per heavy atom. The zero-order chi connectivity index (χ0) is 15.2. The summed E-state index contributed by atoms with van der Waals surface area (Å²) in [5.41, 5.74) is 2.04. The first-order valence-corrected chi connectivity index (χ1v) is 8.19. The number of H-pyrrole nitrogens is 1. The second-order valence-corrected chi connectivity index (χ2v) is 6.77. The molecule has 112 valence electrons. The molecule has 3 rings (SSSR count). The Hall–Kier alpha value is -1.86. The van der Waals surface area contributed by atoms with Gasteiger partial charge in [-0.3, -0.25) is 9.35 Å². The van der Waals surface area contributed by atoms with Crippen molar-refractivity contribution >= 4 is 26.9 Å². The predicted octanol–water partition coefficient (Wildman–Crippen LogP) is 1.82. The molecule has 2 N–H and O–H groups in total. The van der Waals surface area contributed by atoms with Crippen molar-refractivity contribution in [1.82, 2.24) is 9.88 Å². The average molecular weight is 308 g/mol. The van der Waals surface area contributed by atoms with E-state index in [1.807, 2.05) is 0 Å². The molecule has 1 aromatic carbocycles. The molecule has 21 heavy (non-hydrogen) atoms. The lowest BCUT2D eigenvalue weighted by atomic mass is 10.0. The minimum atomic E-state index is -4.25. The van der Waals surface area contributed by atoms with Gasteiger partial charge in [0.15, 0.2) is 0 Å². The summed E-state index contributed by atoms with van der Waals surface area (Å²) in [6.07, 6.45) is 2.55. The molecular formula is C14H16N2O4S. The predicted molar refractivity (Wildman–Crippen MR) is 78.0 cm³/mol. The third-order valence-corrected chi connectivity index (χ3v) is 4.76. The molecule has 0 spiro atoms. The molecule has 0 saturated heterocycles. The molecule has 0 bridgehead atoms. The number of carbonyl (C=O) groups is 1. The third kappa shape index (κ3) is 2.43. The molecule has 6 nitrogen and oxygen atoms in total. The van der Waals surface area contributed by atoms with E-state index in [1.54, 1.807) is 18.0 Å². The fourth-order valence-corrected chi connectivity index (χ4v) is 3.28. The van der Waals surface area contributed by atoms with Crippen molar-refractivity contribution in [3.05, 3.63) is 29.5 Å². The van der Waals surface area contributed by atoms with Gasteiger partial charge in [-0.1, -0.05) is 0 Å². The van der Waals surface area contributed by atoms with Gasteiger partial charge in [0.2, 0.25) is 0 Å². The maximum absolute atomic E-state index is 12.4. The summed E-state index contributed by atoms with van der Waals surface area (Å²) in [5, 5.41) is 0.684. The van der Waals surface area contributed by atoms with Crippen molar-refractivity contribution in [3.63, 3.8) is 0 Å². The van der Waals surface area contributed by atoms with E-state index in [0.717, 1.165) is 18.4 Å². The van der Waals surface area contributed by atoms with E-state index in [-0.39, 0.29) is 10.8 Å². The maximum atomic E-state index is 12.4. The van der Waals surface area contributed by atoms with Gasteiger partial charge in [0, 0.05) is 24.5 Å². The third-order valence-electron chi connectivity index (χ3n) is 3.91. The molecule has 0 aliphatic carbocycles. The van der Waals surface area contributed by atoms with E-state index in [0.29, 0.717) is 29.6 Å². The standard InChI is InChI=1S/C14H16N2O4S/c1-16-7-3-2-4-10-11-8-9(21(18,19)20)5-6-12(11)15-13(10)14(16)17/h5-6,8,15H,2-4,7H2,1H3,(H,18,19,20). The summed E-state index contributed by atoms with van der Waals surface area (Å²) in [4.78, 5) is 17.0. The molecule has 2 heterocycles. The molecule has 0 atom stereocenters. The van der Waals surface area contributed by atoms with Crippen LogP contribution in [0, 0.1) is 0 Å². The highest BCUT2D eigenvalue weighted by Gasteiger charge is 2.23. The Balaban J connectivity index is 2.24. The molecule has 0 fully saturated rings. The van der Waals surface area contributed by atoms with Crippen LogP contribution in [0.2, 0.25) is 0 Å². The van der Waals surface area contributed by atoms with Gasteiger partial charge in [0.05, 0.1) is 4.90 Å². The highest BCUT2D eigenvalue weighted by atomic mass is 32.2. The van der Waals surface area contributed by atoms with E-state index >= 15 is 0 Å². The van der Waals surface area contributed by atoms with Crippen molar-refractivity contribution in [2.75, 3.05) is 13.6 Å². The number of fused-ring (bicyclic) bond motifs is 3. The number of aromatic nitrogens is 1. The van der Waals surface area contributed by atoms with Gasteiger partial charge in [0.1, 0.15) is 5.69 Å². The summed E-state index contributed by atoms with van der Waals surface area (Å²) < 4.78 is 31.7. The van der Waals surface area contributed by atoms with Crippen LogP contribution in [0.4, 0.5) is 0 Å². The van der Waals surface area contributed by atoms with Gasteiger partial charge in [-0.05, 0) is 43.0 Å². The number of hydrogen-bond acceptors (Lipinski definition) is 3. The molecular weight excluding hydrogens is 292 g/mol. The molecule has 7 heteroatoms. The Bertz CT molecular complexity index is 823. The lowest BCUT2D eigenvalue weighted by Gasteiger charge is -2.20. The van der Waals surface area contributed by atoms with Gasteiger partial charge >= 0.3 is 0 Å². The molecule has 1 aromatic heterocycles. The zero-order valence-corrected chi connectivity index (χ0v) is 12.4. The fraction of sp³-hybridized carbons (Fsp3) is 0.357. The Morgan fingerprint density at radius 1 is 1.29 bits per heavy atom. The number of aromatic amines is 1. The van der Waals surface area contributed by atoms with Gasteiger partial charge < -0.3 is 9.88 Å². The van der Waals surface area contributed by atoms with Crippen LogP contribution < -0.4 is 0 Å². The van der Waals surface area contributed by atoms with Crippen LogP contribution in [0.5, 0.6) is 0 Å². The number of amides is 1. The summed E-state index contributed by atoms with van der Waals surface area (Å²) in [6.45, 7) is 0.712. The Kier molecular flexibility index (Phi) is 3.26. The first-order chi connectivity index (χ1) is 9.88. The highest BCUT2D eigenvalue weighted by molar-refractivity contribution is 7.85. The quantitative estimate of drug-likeness (QED) is 0.786. The number of carbonyl (C=O) groups excluding carboxylic acids is 1. The molecule has 0 saturated carbocycles. The van der Waals surface area contributed by atoms with E-state index in [9.17, 15) is 17.8 Å². The summed E-state index contributed by atoms with van der Waals surface area (Å²) in [6, 6.07) is 4.33. The number of hydrogen-bond donors (Lipinski definition) is 2. The normalized spacial score (nSPS) is 16.7. The first kappa shape index (κ1) is 14.1. The molecule has 1 aliphatic rings. The maximum Gasteiger partial charge on any atom is 0.294 e. The topological polar surface area (TPSA) is 90.5 Å². The minimum absolute atomic E-state index is 0.0886. The van der Waals surface area contributed by atoms with Crippen LogP contribution in [0.1, 0.15) is 28.9 Å². The first-order valence-electron chi connectivity index (χ1n) is 6.75. The van der Waals surface area contributed by atoms with Crippen LogP contribution in [0.15, 0.2) is 23.1 Å². The van der Waals surface area contributed by atoms with Gasteiger partial charge in [-0.2, -0.15) is 8.42 Å². The lowest BCUT2D eigenvalue weighted by molar-refractivity contribution is 0.0783. The van der Waals surface area contributed by atoms with Crippen LogP contribution in [-0.4, -0.2) is 42.4 Å². The highest BCUT2D eigenvalue weighted by Crippen LogP contribution is 2.28. The van der Waals surface area contributed by atoms with Crippen molar-refractivity contribution in [2.24, 2.45) is 0 Å². The van der Waals surface area contributed by atoms with Crippen LogP contribution in [-0.2, 0) is 16.5 Å². The van der Waals surface area contributed by atoms with Gasteiger partial charge in [-0.25, -0.2) is 0 Å². The summed E-state index contributed by atoms with van der Waals surface area (Å²) in [5.74, 6) is -0.0886. The lowest BCUT2D eigenvalue weighted by Crippen LogP contribution is -2.30. The van der Waals surface area contributed by atoms with Gasteiger partial charge in [-0.15, -0.1) is 0 Å². The van der Waals surface area contributed by atoms with Crippen LogP contribution in [0.25, 0.3) is 10.9 Å². The van der Waals surface area contributed by atoms with Crippen molar-refractivity contribution in [3.8, 4) is 0 Å².